The number of amides is 1. The zero-order chi connectivity index (χ0) is 17.4. The summed E-state index contributed by atoms with van der Waals surface area (Å²) in [6.45, 7) is 1.70. The predicted octanol–water partition coefficient (Wildman–Crippen LogP) is 3.35. The predicted molar refractivity (Wildman–Crippen MR) is 94.2 cm³/mol. The van der Waals surface area contributed by atoms with Crippen LogP contribution in [-0.4, -0.2) is 17.5 Å². The largest absolute Gasteiger partial charge is 0.445 e. The van der Waals surface area contributed by atoms with Crippen LogP contribution in [0, 0.1) is 0 Å². The SMILES string of the molecule is C[C@]1(C(=O)N[C@@H]2CCCc3ccccc32)Cc2ccccc2C(=O)O1. The molecule has 1 amide bonds. The van der Waals surface area contributed by atoms with E-state index in [0.717, 1.165) is 24.8 Å². The minimum absolute atomic E-state index is 0.0230. The van der Waals surface area contributed by atoms with Crippen molar-refractivity contribution in [3.05, 3.63) is 70.8 Å². The van der Waals surface area contributed by atoms with Gasteiger partial charge in [0.15, 0.2) is 5.60 Å². The Kier molecular flexibility index (Phi) is 3.83. The van der Waals surface area contributed by atoms with Crippen molar-refractivity contribution in [3.8, 4) is 0 Å². The van der Waals surface area contributed by atoms with Gasteiger partial charge in [0.05, 0.1) is 11.6 Å². The molecule has 0 radical (unpaired) electrons. The van der Waals surface area contributed by atoms with E-state index in [9.17, 15) is 9.59 Å². The summed E-state index contributed by atoms with van der Waals surface area (Å²) in [7, 11) is 0. The first-order chi connectivity index (χ1) is 12.1. The summed E-state index contributed by atoms with van der Waals surface area (Å²) in [5, 5.41) is 3.12. The van der Waals surface area contributed by atoms with Crippen LogP contribution in [0.1, 0.15) is 52.9 Å². The van der Waals surface area contributed by atoms with Crippen molar-refractivity contribution in [2.75, 3.05) is 0 Å². The number of hydrogen-bond donors (Lipinski definition) is 1. The number of rotatable bonds is 2. The van der Waals surface area contributed by atoms with Gasteiger partial charge in [-0.05, 0) is 48.9 Å². The fourth-order valence-electron chi connectivity index (χ4n) is 3.87. The van der Waals surface area contributed by atoms with E-state index in [2.05, 4.69) is 17.4 Å². The number of hydrogen-bond acceptors (Lipinski definition) is 3. The number of cyclic esters (lactones) is 1. The summed E-state index contributed by atoms with van der Waals surface area (Å²) in [6, 6.07) is 15.5. The molecule has 128 valence electrons. The Hall–Kier alpha value is -2.62. The monoisotopic (exact) mass is 335 g/mol. The molecule has 0 aromatic heterocycles. The van der Waals surface area contributed by atoms with Gasteiger partial charge in [0.1, 0.15) is 0 Å². The number of esters is 1. The molecule has 0 spiro atoms. The van der Waals surface area contributed by atoms with E-state index < -0.39 is 11.6 Å². The van der Waals surface area contributed by atoms with Crippen molar-refractivity contribution in [1.29, 1.82) is 0 Å². The Bertz CT molecular complexity index is 845. The van der Waals surface area contributed by atoms with Gasteiger partial charge in [0.25, 0.3) is 5.91 Å². The summed E-state index contributed by atoms with van der Waals surface area (Å²) in [5.74, 6) is -0.652. The van der Waals surface area contributed by atoms with E-state index in [1.54, 1.807) is 13.0 Å². The molecule has 0 bridgehead atoms. The molecule has 2 aromatic rings. The minimum atomic E-state index is -1.17. The normalized spacial score (nSPS) is 24.7. The Morgan fingerprint density at radius 2 is 1.84 bits per heavy atom. The number of fused-ring (bicyclic) bond motifs is 2. The van der Waals surface area contributed by atoms with Gasteiger partial charge in [-0.3, -0.25) is 4.79 Å². The molecule has 4 rings (SSSR count). The molecule has 4 heteroatoms. The van der Waals surface area contributed by atoms with E-state index in [1.165, 1.54) is 11.1 Å². The number of carbonyl (C=O) groups is 2. The molecule has 4 nitrogen and oxygen atoms in total. The summed E-state index contributed by atoms with van der Waals surface area (Å²) in [5.41, 5.74) is 2.71. The van der Waals surface area contributed by atoms with Gasteiger partial charge < -0.3 is 10.1 Å². The number of benzene rings is 2. The quantitative estimate of drug-likeness (QED) is 0.856. The Morgan fingerprint density at radius 1 is 1.12 bits per heavy atom. The third kappa shape index (κ3) is 2.82. The van der Waals surface area contributed by atoms with Crippen LogP contribution < -0.4 is 5.32 Å². The van der Waals surface area contributed by atoms with E-state index in [-0.39, 0.29) is 11.9 Å². The van der Waals surface area contributed by atoms with Crippen LogP contribution in [0.3, 0.4) is 0 Å². The summed E-state index contributed by atoms with van der Waals surface area (Å²) < 4.78 is 5.54. The third-order valence-electron chi connectivity index (χ3n) is 5.24. The first-order valence-electron chi connectivity index (χ1n) is 8.77. The highest BCUT2D eigenvalue weighted by Crippen LogP contribution is 2.32. The van der Waals surface area contributed by atoms with Gasteiger partial charge in [-0.15, -0.1) is 0 Å². The van der Waals surface area contributed by atoms with Crippen molar-refractivity contribution < 1.29 is 14.3 Å². The van der Waals surface area contributed by atoms with Crippen LogP contribution in [0.2, 0.25) is 0 Å². The zero-order valence-corrected chi connectivity index (χ0v) is 14.2. The maximum atomic E-state index is 13.0. The lowest BCUT2D eigenvalue weighted by atomic mass is 9.86. The van der Waals surface area contributed by atoms with Crippen molar-refractivity contribution >= 4 is 11.9 Å². The summed E-state index contributed by atoms with van der Waals surface area (Å²) in [4.78, 5) is 25.3. The lowest BCUT2D eigenvalue weighted by Crippen LogP contribution is -2.52. The first kappa shape index (κ1) is 15.9. The number of carbonyl (C=O) groups excluding carboxylic acids is 2. The summed E-state index contributed by atoms with van der Waals surface area (Å²) in [6.07, 6.45) is 3.39. The van der Waals surface area contributed by atoms with Crippen molar-refractivity contribution in [2.24, 2.45) is 0 Å². The highest BCUT2D eigenvalue weighted by molar-refractivity contribution is 5.97. The molecule has 1 aliphatic carbocycles. The second kappa shape index (κ2) is 6.03. The molecule has 2 aromatic carbocycles. The molecule has 0 unspecified atom stereocenters. The molecule has 1 N–H and O–H groups in total. The maximum Gasteiger partial charge on any atom is 0.339 e. The topological polar surface area (TPSA) is 55.4 Å². The van der Waals surface area contributed by atoms with Crippen molar-refractivity contribution in [1.82, 2.24) is 5.32 Å². The van der Waals surface area contributed by atoms with Gasteiger partial charge >= 0.3 is 5.97 Å². The van der Waals surface area contributed by atoms with E-state index in [1.807, 2.05) is 30.3 Å². The van der Waals surface area contributed by atoms with Crippen LogP contribution >= 0.6 is 0 Å². The lowest BCUT2D eigenvalue weighted by molar-refractivity contribution is -0.140. The minimum Gasteiger partial charge on any atom is -0.445 e. The van der Waals surface area contributed by atoms with E-state index >= 15 is 0 Å². The highest BCUT2D eigenvalue weighted by Gasteiger charge is 2.43. The smallest absolute Gasteiger partial charge is 0.339 e. The van der Waals surface area contributed by atoms with Crippen LogP contribution in [0.4, 0.5) is 0 Å². The second-order valence-electron chi connectivity index (χ2n) is 7.07. The molecule has 0 saturated heterocycles. The average molecular weight is 335 g/mol. The Balaban J connectivity index is 1.57. The fourth-order valence-corrected chi connectivity index (χ4v) is 3.87. The lowest BCUT2D eigenvalue weighted by Gasteiger charge is -2.35. The van der Waals surface area contributed by atoms with Gasteiger partial charge in [-0.1, -0.05) is 42.5 Å². The van der Waals surface area contributed by atoms with Crippen LogP contribution in [0.25, 0.3) is 0 Å². The van der Waals surface area contributed by atoms with Crippen molar-refractivity contribution in [3.63, 3.8) is 0 Å². The first-order valence-corrected chi connectivity index (χ1v) is 8.77. The number of nitrogens with one attached hydrogen (secondary N) is 1. The molecular formula is C21H21NO3. The van der Waals surface area contributed by atoms with E-state index in [4.69, 9.17) is 4.74 Å². The number of aryl methyl sites for hydroxylation is 1. The van der Waals surface area contributed by atoms with Crippen molar-refractivity contribution in [2.45, 2.75) is 44.2 Å². The molecule has 25 heavy (non-hydrogen) atoms. The van der Waals surface area contributed by atoms with Gasteiger partial charge in [-0.2, -0.15) is 0 Å². The van der Waals surface area contributed by atoms with E-state index in [0.29, 0.717) is 12.0 Å². The second-order valence-corrected chi connectivity index (χ2v) is 7.07. The summed E-state index contributed by atoms with van der Waals surface area (Å²) >= 11 is 0. The number of ether oxygens (including phenoxy) is 1. The maximum absolute atomic E-state index is 13.0. The Morgan fingerprint density at radius 3 is 2.68 bits per heavy atom. The molecule has 1 aliphatic heterocycles. The van der Waals surface area contributed by atoms with Crippen LogP contribution in [0.15, 0.2) is 48.5 Å². The van der Waals surface area contributed by atoms with Crippen LogP contribution in [-0.2, 0) is 22.4 Å². The van der Waals surface area contributed by atoms with Gasteiger partial charge in [-0.25, -0.2) is 4.79 Å². The molecular weight excluding hydrogens is 314 g/mol. The highest BCUT2D eigenvalue weighted by atomic mass is 16.6. The molecule has 1 heterocycles. The van der Waals surface area contributed by atoms with Crippen LogP contribution in [0.5, 0.6) is 0 Å². The van der Waals surface area contributed by atoms with Gasteiger partial charge in [0, 0.05) is 6.42 Å². The molecule has 0 fully saturated rings. The zero-order valence-electron chi connectivity index (χ0n) is 14.2. The molecule has 2 aliphatic rings. The third-order valence-corrected chi connectivity index (χ3v) is 5.24. The fraction of sp³-hybridized carbons (Fsp3) is 0.333. The average Bonchev–Trinajstić information content (AvgIpc) is 2.62. The molecule has 0 saturated carbocycles. The van der Waals surface area contributed by atoms with Gasteiger partial charge in [0.2, 0.25) is 0 Å². The Labute approximate surface area is 147 Å². The molecule has 2 atom stereocenters. The standard InChI is InChI=1S/C21H21NO3/c1-21(13-15-8-3-5-11-17(15)19(23)25-21)20(24)22-18-12-6-9-14-7-2-4-10-16(14)18/h2-5,7-8,10-11,18H,6,9,12-13H2,1H3,(H,22,24)/t18-,21-/m1/s1.